The van der Waals surface area contributed by atoms with Gasteiger partial charge >= 0.3 is 12.7 Å². The van der Waals surface area contributed by atoms with Crippen molar-refractivity contribution in [3.63, 3.8) is 0 Å². The molecule has 0 aliphatic carbocycles. The molecule has 32 heavy (non-hydrogen) atoms. The molecule has 2 amide bonds. The quantitative estimate of drug-likeness (QED) is 0.0976. The molecule has 0 heterocycles. The highest BCUT2D eigenvalue weighted by molar-refractivity contribution is 8.07. The van der Waals surface area contributed by atoms with Crippen molar-refractivity contribution in [2.45, 2.75) is 122 Å². The zero-order chi connectivity index (χ0) is 23.8. The first kappa shape index (κ1) is 31.8. The summed E-state index contributed by atoms with van der Waals surface area (Å²) in [4.78, 5) is 21.2. The molecule has 8 heteroatoms. The van der Waals surface area contributed by atoms with Crippen LogP contribution in [0.2, 0.25) is 0 Å². The Labute approximate surface area is 203 Å². The van der Waals surface area contributed by atoms with Gasteiger partial charge in [-0.1, -0.05) is 103 Å². The van der Waals surface area contributed by atoms with Crippen LogP contribution in [-0.2, 0) is 20.9 Å². The third kappa shape index (κ3) is 24.4. The largest absolute Gasteiger partial charge is 0.338 e. The Morgan fingerprint density at radius 1 is 0.719 bits per heavy atom. The predicted molar refractivity (Wildman–Crippen MR) is 140 cm³/mol. The smallest absolute Gasteiger partial charge is 0.324 e. The predicted octanol–water partition coefficient (Wildman–Crippen LogP) is 7.21. The third-order valence-electron chi connectivity index (χ3n) is 5.66. The Bertz CT molecular complexity index is 469. The highest BCUT2D eigenvalue weighted by Gasteiger charge is 2.10. The van der Waals surface area contributed by atoms with Crippen molar-refractivity contribution in [1.82, 2.24) is 10.6 Å². The lowest BCUT2D eigenvalue weighted by Gasteiger charge is -2.12. The average Bonchev–Trinajstić information content (AvgIpc) is 2.78. The summed E-state index contributed by atoms with van der Waals surface area (Å²) in [5, 5.41) is 5.84. The first-order chi connectivity index (χ1) is 15.5. The number of unbranched alkanes of at least 4 members (excludes halogenated alkanes) is 16. The number of carbonyl (C=O) groups is 1. The molecule has 1 atom stereocenters. The van der Waals surface area contributed by atoms with Crippen LogP contribution >= 0.6 is 6.72 Å². The molecule has 1 unspecified atom stereocenters. The normalized spacial score (nSPS) is 13.1. The monoisotopic (exact) mass is 494 g/mol. The second kappa shape index (κ2) is 23.9. The minimum absolute atomic E-state index is 0.0657. The molecule has 0 spiro atoms. The summed E-state index contributed by atoms with van der Waals surface area (Å²) in [5.74, 6) is 0. The van der Waals surface area contributed by atoms with Gasteiger partial charge in [-0.25, -0.2) is 4.79 Å². The van der Waals surface area contributed by atoms with Crippen molar-refractivity contribution >= 4 is 24.6 Å². The van der Waals surface area contributed by atoms with E-state index in [2.05, 4.69) is 17.6 Å². The van der Waals surface area contributed by atoms with Gasteiger partial charge < -0.3 is 24.6 Å². The summed E-state index contributed by atoms with van der Waals surface area (Å²) < 4.78 is 9.83. The molecule has 0 aliphatic rings. The Kier molecular flexibility index (Phi) is 23.8. The molecular formula is C24H51N2O4PS. The highest BCUT2D eigenvalue weighted by Crippen LogP contribution is 2.42. The molecular weight excluding hydrogens is 443 g/mol. The molecule has 0 radical (unpaired) electrons. The van der Waals surface area contributed by atoms with Gasteiger partial charge in [0.15, 0.2) is 0 Å². The van der Waals surface area contributed by atoms with Crippen molar-refractivity contribution in [3.8, 4) is 0 Å². The number of urea groups is 1. The van der Waals surface area contributed by atoms with Gasteiger partial charge in [0.05, 0.1) is 6.61 Å². The van der Waals surface area contributed by atoms with Crippen LogP contribution in [0.5, 0.6) is 0 Å². The van der Waals surface area contributed by atoms with E-state index in [1.165, 1.54) is 90.6 Å². The average molecular weight is 495 g/mol. The maximum atomic E-state index is 11.8. The fourth-order valence-electron chi connectivity index (χ4n) is 3.60. The third-order valence-corrected chi connectivity index (χ3v) is 7.39. The van der Waals surface area contributed by atoms with Crippen LogP contribution < -0.4 is 10.6 Å². The van der Waals surface area contributed by atoms with E-state index in [1.807, 2.05) is 0 Å². The van der Waals surface area contributed by atoms with Gasteiger partial charge in [0.25, 0.3) is 0 Å². The highest BCUT2D eigenvalue weighted by atomic mass is 32.5. The van der Waals surface area contributed by atoms with Crippen LogP contribution in [0.3, 0.4) is 0 Å². The molecule has 0 aromatic heterocycles. The number of hydrogen-bond acceptors (Lipinski definition) is 4. The van der Waals surface area contributed by atoms with Crippen molar-refractivity contribution in [2.24, 2.45) is 0 Å². The lowest BCUT2D eigenvalue weighted by atomic mass is 10.0. The first-order valence-corrected chi connectivity index (χ1v) is 15.7. The van der Waals surface area contributed by atoms with E-state index < -0.39 is 6.72 Å². The molecule has 0 saturated heterocycles. The van der Waals surface area contributed by atoms with Crippen LogP contribution in [0.1, 0.15) is 122 Å². The van der Waals surface area contributed by atoms with Crippen molar-refractivity contribution in [2.75, 3.05) is 26.8 Å². The van der Waals surface area contributed by atoms with Crippen LogP contribution in [-0.4, -0.2) is 37.7 Å². The van der Waals surface area contributed by atoms with Gasteiger partial charge in [-0.15, -0.1) is 0 Å². The minimum Gasteiger partial charge on any atom is -0.338 e. The van der Waals surface area contributed by atoms with E-state index in [0.717, 1.165) is 38.6 Å². The van der Waals surface area contributed by atoms with Gasteiger partial charge in [0.1, 0.15) is 0 Å². The summed E-state index contributed by atoms with van der Waals surface area (Å²) >= 11 is 4.76. The van der Waals surface area contributed by atoms with Gasteiger partial charge in [-0.05, 0) is 31.1 Å². The second-order valence-electron chi connectivity index (χ2n) is 8.68. The first-order valence-electron chi connectivity index (χ1n) is 13.1. The summed E-state index contributed by atoms with van der Waals surface area (Å²) in [6, 6.07) is -0.0657. The molecule has 3 N–H and O–H groups in total. The minimum atomic E-state index is -3.01. The standard InChI is InChI=1S/C24H51N2O4PS/c1-3-4-5-6-7-8-9-10-11-12-13-14-15-18-21-25-24(27)26-22-19-16-17-20-23-30-31(28,32)29-2/h3-23H2,1-2H3,(H,28,32)(H2,25,26,27). The molecule has 192 valence electrons. The molecule has 0 bridgehead atoms. The van der Waals surface area contributed by atoms with Crippen molar-refractivity contribution in [3.05, 3.63) is 0 Å². The maximum absolute atomic E-state index is 11.8. The van der Waals surface area contributed by atoms with E-state index in [1.54, 1.807) is 0 Å². The Morgan fingerprint density at radius 3 is 1.50 bits per heavy atom. The van der Waals surface area contributed by atoms with Crippen LogP contribution in [0.15, 0.2) is 0 Å². The number of carbonyl (C=O) groups excluding carboxylic acids is 1. The van der Waals surface area contributed by atoms with E-state index >= 15 is 0 Å². The van der Waals surface area contributed by atoms with Crippen LogP contribution in [0, 0.1) is 0 Å². The fraction of sp³-hybridized carbons (Fsp3) is 0.958. The topological polar surface area (TPSA) is 79.8 Å². The number of nitrogens with one attached hydrogen (secondary N) is 2. The molecule has 0 aromatic rings. The molecule has 6 nitrogen and oxygen atoms in total. The van der Waals surface area contributed by atoms with Gasteiger partial charge in [0.2, 0.25) is 0 Å². The number of hydrogen-bond donors (Lipinski definition) is 3. The lowest BCUT2D eigenvalue weighted by Crippen LogP contribution is -2.36. The Balaban J connectivity index is 3.22. The van der Waals surface area contributed by atoms with Crippen molar-refractivity contribution in [1.29, 1.82) is 0 Å². The molecule has 0 aliphatic heterocycles. The molecule has 0 aromatic carbocycles. The lowest BCUT2D eigenvalue weighted by molar-refractivity contribution is 0.220. The number of rotatable bonds is 24. The number of amides is 2. The molecule has 0 fully saturated rings. The Morgan fingerprint density at radius 2 is 1.09 bits per heavy atom. The summed E-state index contributed by atoms with van der Waals surface area (Å²) in [6.07, 6.45) is 22.6. The van der Waals surface area contributed by atoms with Crippen molar-refractivity contribution < 1.29 is 18.7 Å². The summed E-state index contributed by atoms with van der Waals surface area (Å²) in [5.41, 5.74) is 0. The SMILES string of the molecule is CCCCCCCCCCCCCCCCNC(=O)NCCCCCCOP(O)(=S)OC. The molecule has 0 saturated carbocycles. The second-order valence-corrected chi connectivity index (χ2v) is 11.6. The maximum Gasteiger partial charge on any atom is 0.324 e. The summed E-state index contributed by atoms with van der Waals surface area (Å²) in [7, 11) is 1.36. The Hall–Kier alpha value is -0.200. The molecule has 0 rings (SSSR count). The van der Waals surface area contributed by atoms with Gasteiger partial charge in [0, 0.05) is 20.2 Å². The van der Waals surface area contributed by atoms with E-state index in [0.29, 0.717) is 13.2 Å². The summed E-state index contributed by atoms with van der Waals surface area (Å²) in [6.45, 7) is 1.11. The van der Waals surface area contributed by atoms with Gasteiger partial charge in [-0.2, -0.15) is 0 Å². The van der Waals surface area contributed by atoms with E-state index in [4.69, 9.17) is 20.9 Å². The van der Waals surface area contributed by atoms with Crippen LogP contribution in [0.25, 0.3) is 0 Å². The zero-order valence-electron chi connectivity index (χ0n) is 20.9. The fourth-order valence-corrected chi connectivity index (χ4v) is 4.29. The van der Waals surface area contributed by atoms with Crippen LogP contribution in [0.4, 0.5) is 4.79 Å². The van der Waals surface area contributed by atoms with E-state index in [9.17, 15) is 9.69 Å². The van der Waals surface area contributed by atoms with Gasteiger partial charge in [-0.3, -0.25) is 0 Å². The van der Waals surface area contributed by atoms with E-state index in [-0.39, 0.29) is 6.03 Å². The zero-order valence-corrected chi connectivity index (χ0v) is 22.6.